The van der Waals surface area contributed by atoms with Crippen LogP contribution in [0, 0.1) is 17.0 Å². The Kier molecular flexibility index (Phi) is 5.01. The van der Waals surface area contributed by atoms with E-state index in [1.165, 1.54) is 6.92 Å². The third-order valence-corrected chi connectivity index (χ3v) is 5.94. The maximum atomic E-state index is 12.0. The van der Waals surface area contributed by atoms with Gasteiger partial charge in [-0.1, -0.05) is 11.6 Å². The van der Waals surface area contributed by atoms with Crippen LogP contribution in [0.25, 0.3) is 0 Å². The lowest BCUT2D eigenvalue weighted by molar-refractivity contribution is -0.384. The normalized spacial score (nSPS) is 12.3. The van der Waals surface area contributed by atoms with Gasteiger partial charge in [0.15, 0.2) is 9.84 Å². The first-order valence-electron chi connectivity index (χ1n) is 5.03. The van der Waals surface area contributed by atoms with Crippen molar-refractivity contribution in [3.05, 3.63) is 32.8 Å². The van der Waals surface area contributed by atoms with Gasteiger partial charge in [-0.15, -0.1) is 0 Å². The summed E-state index contributed by atoms with van der Waals surface area (Å²) in [7, 11) is -2.96. The van der Waals surface area contributed by atoms with Gasteiger partial charge in [0.1, 0.15) is 5.02 Å². The maximum absolute atomic E-state index is 12.0. The maximum Gasteiger partial charge on any atom is 0.288 e. The van der Waals surface area contributed by atoms with E-state index in [-0.39, 0.29) is 15.5 Å². The Morgan fingerprint density at radius 3 is 2.20 bits per heavy atom. The summed E-state index contributed by atoms with van der Waals surface area (Å²) < 4.78 is 45.5. The number of sulfone groups is 1. The molecule has 0 radical (unpaired) electrons. The molecule has 0 aliphatic heterocycles. The number of hydrogen-bond donors (Lipinski definition) is 0. The van der Waals surface area contributed by atoms with Crippen molar-refractivity contribution in [3.8, 4) is 0 Å². The smallest absolute Gasteiger partial charge is 0.258 e. The minimum absolute atomic E-state index is 0.105. The Hall–Kier alpha value is -0.900. The molecule has 0 saturated carbocycles. The third kappa shape index (κ3) is 4.30. The SMILES string of the molecule is Cc1cc([N+](=O)[O-])c(Cl)cc1S(=O)(=O)CCS(=O)(=O)Cl. The van der Waals surface area contributed by atoms with Crippen LogP contribution in [0.2, 0.25) is 5.02 Å². The minimum atomic E-state index is -3.96. The summed E-state index contributed by atoms with van der Waals surface area (Å²) in [5.74, 6) is -1.49. The molecule has 0 amide bonds. The Morgan fingerprint density at radius 1 is 1.20 bits per heavy atom. The van der Waals surface area contributed by atoms with Crippen molar-refractivity contribution in [3.63, 3.8) is 0 Å². The van der Waals surface area contributed by atoms with E-state index in [0.717, 1.165) is 12.1 Å². The van der Waals surface area contributed by atoms with Crippen LogP contribution in [-0.4, -0.2) is 33.3 Å². The molecular formula is C9H9Cl2NO6S2. The third-order valence-electron chi connectivity index (χ3n) is 2.37. The number of nitro groups is 1. The fourth-order valence-corrected chi connectivity index (χ4v) is 5.05. The molecule has 1 aromatic rings. The van der Waals surface area contributed by atoms with Gasteiger partial charge in [-0.05, 0) is 18.6 Å². The van der Waals surface area contributed by atoms with Crippen molar-refractivity contribution in [2.24, 2.45) is 0 Å². The van der Waals surface area contributed by atoms with Gasteiger partial charge in [-0.2, -0.15) is 0 Å². The van der Waals surface area contributed by atoms with E-state index in [1.807, 2.05) is 0 Å². The average Bonchev–Trinajstić information content (AvgIpc) is 2.28. The van der Waals surface area contributed by atoms with Gasteiger partial charge >= 0.3 is 0 Å². The summed E-state index contributed by atoms with van der Waals surface area (Å²) in [4.78, 5) is 9.67. The van der Waals surface area contributed by atoms with E-state index < -0.39 is 41.0 Å². The van der Waals surface area contributed by atoms with Gasteiger partial charge in [0.25, 0.3) is 5.69 Å². The van der Waals surface area contributed by atoms with Crippen LogP contribution in [-0.2, 0) is 18.9 Å². The Morgan fingerprint density at radius 2 is 1.75 bits per heavy atom. The first-order chi connectivity index (χ1) is 8.94. The molecule has 0 spiro atoms. The predicted molar refractivity (Wildman–Crippen MR) is 74.5 cm³/mol. The summed E-state index contributed by atoms with van der Waals surface area (Å²) in [5.41, 5.74) is -0.318. The highest BCUT2D eigenvalue weighted by atomic mass is 35.7. The van der Waals surface area contributed by atoms with Gasteiger partial charge in [-0.3, -0.25) is 10.1 Å². The molecule has 0 bridgehead atoms. The summed E-state index contributed by atoms with van der Waals surface area (Å²) >= 11 is 5.64. The molecule has 0 heterocycles. The number of halogens is 2. The predicted octanol–water partition coefficient (Wildman–Crippen LogP) is 1.90. The second kappa shape index (κ2) is 5.84. The highest BCUT2D eigenvalue weighted by Crippen LogP contribution is 2.30. The van der Waals surface area contributed by atoms with Crippen molar-refractivity contribution in [2.45, 2.75) is 11.8 Å². The number of rotatable bonds is 5. The Balaban J connectivity index is 3.27. The molecule has 0 saturated heterocycles. The van der Waals surface area contributed by atoms with E-state index in [9.17, 15) is 26.9 Å². The number of nitro benzene ring substituents is 1. The average molecular weight is 362 g/mol. The lowest BCUT2D eigenvalue weighted by Gasteiger charge is -2.07. The monoisotopic (exact) mass is 361 g/mol. The molecule has 7 nitrogen and oxygen atoms in total. The van der Waals surface area contributed by atoms with Gasteiger partial charge in [0.2, 0.25) is 9.05 Å². The molecular weight excluding hydrogens is 353 g/mol. The second-order valence-corrected chi connectivity index (χ2v) is 9.27. The number of hydrogen-bond acceptors (Lipinski definition) is 6. The quantitative estimate of drug-likeness (QED) is 0.449. The van der Waals surface area contributed by atoms with Crippen LogP contribution < -0.4 is 0 Å². The van der Waals surface area contributed by atoms with Crippen molar-refractivity contribution < 1.29 is 21.8 Å². The van der Waals surface area contributed by atoms with Crippen molar-refractivity contribution in [1.82, 2.24) is 0 Å². The molecule has 1 aromatic carbocycles. The zero-order valence-corrected chi connectivity index (χ0v) is 13.2. The zero-order chi connectivity index (χ0) is 15.7. The van der Waals surface area contributed by atoms with Crippen LogP contribution in [0.1, 0.15) is 5.56 Å². The zero-order valence-electron chi connectivity index (χ0n) is 10.0. The van der Waals surface area contributed by atoms with Crippen LogP contribution >= 0.6 is 22.3 Å². The molecule has 0 N–H and O–H groups in total. The van der Waals surface area contributed by atoms with Crippen molar-refractivity contribution in [1.29, 1.82) is 0 Å². The van der Waals surface area contributed by atoms with Crippen LogP contribution in [0.3, 0.4) is 0 Å². The van der Waals surface area contributed by atoms with Gasteiger partial charge < -0.3 is 0 Å². The summed E-state index contributed by atoms with van der Waals surface area (Å²) in [6, 6.07) is 1.95. The first-order valence-corrected chi connectivity index (χ1v) is 9.54. The molecule has 0 aliphatic carbocycles. The largest absolute Gasteiger partial charge is 0.288 e. The topological polar surface area (TPSA) is 111 Å². The number of aryl methyl sites for hydroxylation is 1. The molecule has 112 valence electrons. The molecule has 0 unspecified atom stereocenters. The fourth-order valence-electron chi connectivity index (χ4n) is 1.44. The molecule has 11 heteroatoms. The first kappa shape index (κ1) is 17.2. The van der Waals surface area contributed by atoms with Crippen molar-refractivity contribution >= 4 is 46.9 Å². The van der Waals surface area contributed by atoms with E-state index in [0.29, 0.717) is 0 Å². The minimum Gasteiger partial charge on any atom is -0.258 e. The molecule has 20 heavy (non-hydrogen) atoms. The van der Waals surface area contributed by atoms with Crippen LogP contribution in [0.4, 0.5) is 5.69 Å². The molecule has 1 rings (SSSR count). The van der Waals surface area contributed by atoms with E-state index >= 15 is 0 Å². The molecule has 0 atom stereocenters. The van der Waals surface area contributed by atoms with Gasteiger partial charge in [0.05, 0.1) is 21.3 Å². The molecule has 0 fully saturated rings. The molecule has 0 aliphatic rings. The summed E-state index contributed by atoms with van der Waals surface area (Å²) in [6.07, 6.45) is 0. The molecule has 0 aromatic heterocycles. The number of nitrogens with zero attached hydrogens (tertiary/aromatic N) is 1. The van der Waals surface area contributed by atoms with E-state index in [2.05, 4.69) is 0 Å². The van der Waals surface area contributed by atoms with Gasteiger partial charge in [0, 0.05) is 16.7 Å². The standard InChI is InChI=1S/C9H9Cl2NO6S2/c1-6-4-8(12(13)14)7(10)5-9(6)19(15,16)2-3-20(11,17)18/h4-5H,2-3H2,1H3. The Bertz CT molecular complexity index is 757. The lowest BCUT2D eigenvalue weighted by Crippen LogP contribution is -2.15. The highest BCUT2D eigenvalue weighted by molar-refractivity contribution is 8.14. The Labute approximate surface area is 125 Å². The lowest BCUT2D eigenvalue weighted by atomic mass is 10.2. The van der Waals surface area contributed by atoms with Crippen molar-refractivity contribution in [2.75, 3.05) is 11.5 Å². The fraction of sp³-hybridized carbons (Fsp3) is 0.333. The van der Waals surface area contributed by atoms with Gasteiger partial charge in [-0.25, -0.2) is 16.8 Å². The second-order valence-electron chi connectivity index (χ2n) is 3.89. The van der Waals surface area contributed by atoms with E-state index in [4.69, 9.17) is 22.3 Å². The van der Waals surface area contributed by atoms with Crippen LogP contribution in [0.15, 0.2) is 17.0 Å². The van der Waals surface area contributed by atoms with E-state index in [1.54, 1.807) is 0 Å². The number of benzene rings is 1. The van der Waals surface area contributed by atoms with Crippen LogP contribution in [0.5, 0.6) is 0 Å². The summed E-state index contributed by atoms with van der Waals surface area (Å²) in [6.45, 7) is 1.35. The summed E-state index contributed by atoms with van der Waals surface area (Å²) in [5, 5.41) is 10.3. The highest BCUT2D eigenvalue weighted by Gasteiger charge is 2.24.